The van der Waals surface area contributed by atoms with E-state index in [0.717, 1.165) is 36.4 Å². The first-order valence-electron chi connectivity index (χ1n) is 10.4. The number of hydrogen-bond donors (Lipinski definition) is 2. The molecule has 3 amide bonds. The Hall–Kier alpha value is -3.22. The number of amides is 3. The minimum atomic E-state index is -0.262. The molecule has 0 aliphatic carbocycles. The lowest BCUT2D eigenvalue weighted by atomic mass is 10.0. The van der Waals surface area contributed by atoms with Crippen molar-refractivity contribution >= 4 is 17.6 Å². The molecule has 1 atom stereocenters. The highest BCUT2D eigenvalue weighted by molar-refractivity contribution is 5.96. The average Bonchev–Trinajstić information content (AvgIpc) is 3.22. The van der Waals surface area contributed by atoms with E-state index in [1.165, 1.54) is 0 Å². The number of anilines is 1. The summed E-state index contributed by atoms with van der Waals surface area (Å²) in [5.41, 5.74) is 2.32. The number of hydrogen-bond acceptors (Lipinski definition) is 4. The van der Waals surface area contributed by atoms with Crippen LogP contribution in [-0.2, 0) is 0 Å². The number of likely N-dealkylation sites (tertiary alicyclic amines) is 1. The number of ether oxygens (including phenoxy) is 2. The normalized spacial score (nSPS) is 17.7. The zero-order valence-electron chi connectivity index (χ0n) is 17.3. The number of fused-ring (bicyclic) bond motifs is 1. The number of nitrogens with zero attached hydrogens (tertiary/aromatic N) is 1. The van der Waals surface area contributed by atoms with Crippen LogP contribution in [0.1, 0.15) is 48.7 Å². The maximum Gasteiger partial charge on any atom is 0.319 e. The van der Waals surface area contributed by atoms with Gasteiger partial charge in [-0.15, -0.1) is 0 Å². The second kappa shape index (κ2) is 8.65. The van der Waals surface area contributed by atoms with Crippen molar-refractivity contribution in [1.82, 2.24) is 10.2 Å². The van der Waals surface area contributed by atoms with Crippen molar-refractivity contribution in [2.45, 2.75) is 38.8 Å². The van der Waals surface area contributed by atoms with Gasteiger partial charge in [0, 0.05) is 23.8 Å². The Morgan fingerprint density at radius 1 is 1.03 bits per heavy atom. The molecule has 0 aromatic heterocycles. The molecule has 2 heterocycles. The molecule has 7 heteroatoms. The molecule has 2 N–H and O–H groups in total. The number of urea groups is 1. The highest BCUT2D eigenvalue weighted by Gasteiger charge is 2.31. The third kappa shape index (κ3) is 4.35. The standard InChI is InChI=1S/C23H27N3O4/c1-15(2)24-23(28)25-18-8-5-16(6-9-18)22(27)26-11-3-4-19(26)17-7-10-20-21(14-17)30-13-12-29-20/h5-10,14-15,19H,3-4,11-13H2,1-2H3,(H2,24,25,28). The van der Waals surface area contributed by atoms with E-state index in [1.54, 1.807) is 24.3 Å². The van der Waals surface area contributed by atoms with Crippen LogP contribution >= 0.6 is 0 Å². The summed E-state index contributed by atoms with van der Waals surface area (Å²) in [6.07, 6.45) is 1.88. The van der Waals surface area contributed by atoms with Crippen molar-refractivity contribution in [2.75, 3.05) is 25.1 Å². The second-order valence-corrected chi connectivity index (χ2v) is 7.89. The maximum absolute atomic E-state index is 13.2. The lowest BCUT2D eigenvalue weighted by Crippen LogP contribution is -2.34. The summed E-state index contributed by atoms with van der Waals surface area (Å²) in [4.78, 5) is 26.9. The van der Waals surface area contributed by atoms with Crippen LogP contribution in [0.5, 0.6) is 11.5 Å². The summed E-state index contributed by atoms with van der Waals surface area (Å²) < 4.78 is 11.3. The summed E-state index contributed by atoms with van der Waals surface area (Å²) in [5.74, 6) is 1.49. The van der Waals surface area contributed by atoms with Crippen molar-refractivity contribution in [3.63, 3.8) is 0 Å². The third-order valence-electron chi connectivity index (χ3n) is 5.27. The molecule has 2 aromatic carbocycles. The van der Waals surface area contributed by atoms with E-state index < -0.39 is 0 Å². The van der Waals surface area contributed by atoms with Crippen LogP contribution in [0.4, 0.5) is 10.5 Å². The van der Waals surface area contributed by atoms with E-state index in [-0.39, 0.29) is 24.0 Å². The zero-order chi connectivity index (χ0) is 21.1. The van der Waals surface area contributed by atoms with E-state index in [0.29, 0.717) is 24.5 Å². The maximum atomic E-state index is 13.2. The fourth-order valence-corrected chi connectivity index (χ4v) is 3.91. The van der Waals surface area contributed by atoms with Crippen molar-refractivity contribution in [3.05, 3.63) is 53.6 Å². The molecular formula is C23H27N3O4. The van der Waals surface area contributed by atoms with Gasteiger partial charge in [0.2, 0.25) is 0 Å². The summed E-state index contributed by atoms with van der Waals surface area (Å²) in [7, 11) is 0. The Balaban J connectivity index is 1.46. The Kier molecular flexibility index (Phi) is 5.79. The second-order valence-electron chi connectivity index (χ2n) is 7.89. The molecule has 1 unspecified atom stereocenters. The van der Waals surface area contributed by atoms with E-state index in [9.17, 15) is 9.59 Å². The Bertz CT molecular complexity index is 927. The SMILES string of the molecule is CC(C)NC(=O)Nc1ccc(C(=O)N2CCCC2c2ccc3c(c2)OCCO3)cc1. The van der Waals surface area contributed by atoms with Crippen molar-refractivity contribution < 1.29 is 19.1 Å². The predicted molar refractivity (Wildman–Crippen MR) is 114 cm³/mol. The quantitative estimate of drug-likeness (QED) is 0.801. The fraction of sp³-hybridized carbons (Fsp3) is 0.391. The fourth-order valence-electron chi connectivity index (χ4n) is 3.91. The molecule has 0 saturated carbocycles. The van der Waals surface area contributed by atoms with Gasteiger partial charge in [0.15, 0.2) is 11.5 Å². The Morgan fingerprint density at radius 3 is 2.50 bits per heavy atom. The highest BCUT2D eigenvalue weighted by Crippen LogP contribution is 2.38. The van der Waals surface area contributed by atoms with Gasteiger partial charge in [0.05, 0.1) is 6.04 Å². The largest absolute Gasteiger partial charge is 0.486 e. The minimum absolute atomic E-state index is 0.00873. The number of carbonyl (C=O) groups is 2. The molecular weight excluding hydrogens is 382 g/mol. The van der Waals surface area contributed by atoms with Crippen molar-refractivity contribution in [3.8, 4) is 11.5 Å². The molecule has 1 fully saturated rings. The van der Waals surface area contributed by atoms with Crippen LogP contribution in [0, 0.1) is 0 Å². The topological polar surface area (TPSA) is 79.9 Å². The molecule has 2 aliphatic rings. The van der Waals surface area contributed by atoms with Gasteiger partial charge < -0.3 is 25.0 Å². The van der Waals surface area contributed by atoms with Gasteiger partial charge in [-0.05, 0) is 68.7 Å². The Morgan fingerprint density at radius 2 is 1.77 bits per heavy atom. The summed E-state index contributed by atoms with van der Waals surface area (Å²) in [6, 6.07) is 12.8. The molecule has 2 aromatic rings. The Labute approximate surface area is 176 Å². The molecule has 2 aliphatic heterocycles. The predicted octanol–water partition coefficient (Wildman–Crippen LogP) is 3.97. The molecule has 158 valence electrons. The van der Waals surface area contributed by atoms with Crippen LogP contribution in [0.3, 0.4) is 0 Å². The van der Waals surface area contributed by atoms with Crippen molar-refractivity contribution in [1.29, 1.82) is 0 Å². The number of benzene rings is 2. The van der Waals surface area contributed by atoms with Gasteiger partial charge >= 0.3 is 6.03 Å². The molecule has 4 rings (SSSR count). The van der Waals surface area contributed by atoms with Gasteiger partial charge in [-0.25, -0.2) is 4.79 Å². The van der Waals surface area contributed by atoms with E-state index >= 15 is 0 Å². The van der Waals surface area contributed by atoms with Crippen LogP contribution in [-0.4, -0.2) is 42.6 Å². The first kappa shape index (κ1) is 20.1. The van der Waals surface area contributed by atoms with E-state index in [1.807, 2.05) is 36.9 Å². The minimum Gasteiger partial charge on any atom is -0.486 e. The third-order valence-corrected chi connectivity index (χ3v) is 5.27. The first-order valence-corrected chi connectivity index (χ1v) is 10.4. The number of rotatable bonds is 4. The van der Waals surface area contributed by atoms with Gasteiger partial charge in [-0.1, -0.05) is 6.07 Å². The van der Waals surface area contributed by atoms with Crippen LogP contribution < -0.4 is 20.1 Å². The van der Waals surface area contributed by atoms with Gasteiger partial charge in [0.25, 0.3) is 5.91 Å². The summed E-state index contributed by atoms with van der Waals surface area (Å²) in [5, 5.41) is 5.55. The van der Waals surface area contributed by atoms with Crippen LogP contribution in [0.15, 0.2) is 42.5 Å². The van der Waals surface area contributed by atoms with Gasteiger partial charge in [-0.2, -0.15) is 0 Å². The lowest BCUT2D eigenvalue weighted by molar-refractivity contribution is 0.0735. The van der Waals surface area contributed by atoms with Gasteiger partial charge in [0.1, 0.15) is 13.2 Å². The number of carbonyl (C=O) groups excluding carboxylic acids is 2. The van der Waals surface area contributed by atoms with E-state index in [4.69, 9.17) is 9.47 Å². The number of nitrogens with one attached hydrogen (secondary N) is 2. The van der Waals surface area contributed by atoms with Crippen LogP contribution in [0.2, 0.25) is 0 Å². The van der Waals surface area contributed by atoms with Crippen LogP contribution in [0.25, 0.3) is 0 Å². The molecule has 0 radical (unpaired) electrons. The molecule has 7 nitrogen and oxygen atoms in total. The lowest BCUT2D eigenvalue weighted by Gasteiger charge is -2.27. The van der Waals surface area contributed by atoms with Gasteiger partial charge in [-0.3, -0.25) is 4.79 Å². The molecule has 0 spiro atoms. The molecule has 1 saturated heterocycles. The first-order chi connectivity index (χ1) is 14.5. The average molecular weight is 409 g/mol. The highest BCUT2D eigenvalue weighted by atomic mass is 16.6. The molecule has 0 bridgehead atoms. The van der Waals surface area contributed by atoms with E-state index in [2.05, 4.69) is 10.6 Å². The monoisotopic (exact) mass is 409 g/mol. The smallest absolute Gasteiger partial charge is 0.319 e. The summed E-state index contributed by atoms with van der Waals surface area (Å²) >= 11 is 0. The summed E-state index contributed by atoms with van der Waals surface area (Å²) in [6.45, 7) is 5.61. The zero-order valence-corrected chi connectivity index (χ0v) is 17.3. The molecule has 30 heavy (non-hydrogen) atoms. The van der Waals surface area contributed by atoms with Crippen molar-refractivity contribution in [2.24, 2.45) is 0 Å².